The third-order valence-corrected chi connectivity index (χ3v) is 9.20. The van der Waals surface area contributed by atoms with E-state index < -0.39 is 0 Å². The number of benzene rings is 8. The average molecular weight is 585 g/mol. The zero-order chi connectivity index (χ0) is 30.5. The van der Waals surface area contributed by atoms with E-state index in [0.717, 1.165) is 11.3 Å². The number of hydrogen-bond acceptors (Lipinski definition) is 2. The van der Waals surface area contributed by atoms with Gasteiger partial charge in [0.05, 0.1) is 5.69 Å². The fourth-order valence-corrected chi connectivity index (χ4v) is 6.96. The molecule has 0 spiro atoms. The van der Waals surface area contributed by atoms with Gasteiger partial charge >= 0.3 is 0 Å². The maximum Gasteiger partial charge on any atom is 0.116 e. The van der Waals surface area contributed by atoms with Gasteiger partial charge in [-0.05, 0) is 101 Å². The molecule has 8 aromatic carbocycles. The van der Waals surface area contributed by atoms with Gasteiger partial charge in [0.2, 0.25) is 0 Å². The van der Waals surface area contributed by atoms with Gasteiger partial charge in [0, 0.05) is 11.8 Å². The lowest BCUT2D eigenvalue weighted by Crippen LogP contribution is -1.92. The summed E-state index contributed by atoms with van der Waals surface area (Å²) in [6.45, 7) is 0. The molecule has 0 unspecified atom stereocenters. The smallest absolute Gasteiger partial charge is 0.116 e. The van der Waals surface area contributed by atoms with E-state index in [4.69, 9.17) is 0 Å². The average Bonchev–Trinajstić information content (AvgIpc) is 3.13. The summed E-state index contributed by atoms with van der Waals surface area (Å²) in [5, 5.41) is 9.99. The van der Waals surface area contributed by atoms with Crippen LogP contribution in [-0.4, -0.2) is 9.97 Å². The van der Waals surface area contributed by atoms with Crippen molar-refractivity contribution < 1.29 is 0 Å². The van der Waals surface area contributed by atoms with Crippen LogP contribution in [0.3, 0.4) is 0 Å². The van der Waals surface area contributed by atoms with Gasteiger partial charge in [0.1, 0.15) is 6.33 Å². The summed E-state index contributed by atoms with van der Waals surface area (Å²) in [5.41, 5.74) is 9.34. The highest BCUT2D eigenvalue weighted by molar-refractivity contribution is 6.22. The molecule has 0 atom stereocenters. The standard InChI is InChI=1S/C44H28N2/c1-3-9-33-25-36(19-15-29(33)7-1)43-38-11-5-6-12-39(38)44(37-20-16-30-8-2-4-10-34(30)26-37)41-27-35(21-22-40(41)43)31-13-17-32(18-14-31)42-23-24-45-28-46-42/h1-28H. The van der Waals surface area contributed by atoms with E-state index in [1.165, 1.54) is 76.5 Å². The van der Waals surface area contributed by atoms with Crippen molar-refractivity contribution in [1.29, 1.82) is 0 Å². The maximum absolute atomic E-state index is 4.43. The molecule has 0 aliphatic rings. The Labute approximate surface area is 267 Å². The van der Waals surface area contributed by atoms with Crippen LogP contribution in [0.25, 0.3) is 87.7 Å². The van der Waals surface area contributed by atoms with Crippen molar-refractivity contribution in [3.05, 3.63) is 170 Å². The Bertz CT molecular complexity index is 2570. The molecule has 9 aromatic rings. The molecule has 0 amide bonds. The Morgan fingerprint density at radius 2 is 0.826 bits per heavy atom. The van der Waals surface area contributed by atoms with Crippen molar-refractivity contribution in [3.8, 4) is 44.6 Å². The first kappa shape index (κ1) is 26.3. The molecular formula is C44H28N2. The largest absolute Gasteiger partial charge is 0.245 e. The Morgan fingerprint density at radius 3 is 1.43 bits per heavy atom. The number of rotatable bonds is 4. The lowest BCUT2D eigenvalue weighted by atomic mass is 9.84. The summed E-state index contributed by atoms with van der Waals surface area (Å²) in [6, 6.07) is 57.5. The fourth-order valence-electron chi connectivity index (χ4n) is 6.96. The highest BCUT2D eigenvalue weighted by atomic mass is 14.8. The van der Waals surface area contributed by atoms with E-state index in [-0.39, 0.29) is 0 Å². The van der Waals surface area contributed by atoms with Crippen LogP contribution >= 0.6 is 0 Å². The lowest BCUT2D eigenvalue weighted by Gasteiger charge is -2.19. The summed E-state index contributed by atoms with van der Waals surface area (Å²) in [5.74, 6) is 0. The van der Waals surface area contributed by atoms with E-state index in [1.54, 1.807) is 12.5 Å². The molecule has 1 heterocycles. The van der Waals surface area contributed by atoms with E-state index in [0.29, 0.717) is 0 Å². The second-order valence-electron chi connectivity index (χ2n) is 11.9. The molecule has 2 heteroatoms. The highest BCUT2D eigenvalue weighted by Crippen LogP contribution is 2.45. The van der Waals surface area contributed by atoms with Crippen molar-refractivity contribution >= 4 is 43.1 Å². The second kappa shape index (κ2) is 10.8. The number of hydrogen-bond donors (Lipinski definition) is 0. The first-order valence-corrected chi connectivity index (χ1v) is 15.6. The van der Waals surface area contributed by atoms with Crippen LogP contribution in [0.15, 0.2) is 170 Å². The molecule has 9 rings (SSSR count). The normalized spacial score (nSPS) is 11.5. The summed E-state index contributed by atoms with van der Waals surface area (Å²) in [4.78, 5) is 8.50. The van der Waals surface area contributed by atoms with E-state index in [2.05, 4.69) is 162 Å². The van der Waals surface area contributed by atoms with Crippen LogP contribution in [0.5, 0.6) is 0 Å². The van der Waals surface area contributed by atoms with Crippen LogP contribution < -0.4 is 0 Å². The lowest BCUT2D eigenvalue weighted by molar-refractivity contribution is 1.17. The molecule has 0 radical (unpaired) electrons. The monoisotopic (exact) mass is 584 g/mol. The quantitative estimate of drug-likeness (QED) is 0.192. The second-order valence-corrected chi connectivity index (χ2v) is 11.9. The Hall–Kier alpha value is -6.12. The van der Waals surface area contributed by atoms with Crippen LogP contribution in [0, 0.1) is 0 Å². The highest BCUT2D eigenvalue weighted by Gasteiger charge is 2.18. The molecule has 0 aliphatic carbocycles. The van der Waals surface area contributed by atoms with E-state index in [1.807, 2.05) is 6.07 Å². The fraction of sp³-hybridized carbons (Fsp3) is 0. The third kappa shape index (κ3) is 4.43. The van der Waals surface area contributed by atoms with Gasteiger partial charge in [0.15, 0.2) is 0 Å². The zero-order valence-electron chi connectivity index (χ0n) is 25.1. The van der Waals surface area contributed by atoms with Gasteiger partial charge in [-0.1, -0.05) is 133 Å². The topological polar surface area (TPSA) is 25.8 Å². The van der Waals surface area contributed by atoms with Crippen molar-refractivity contribution in [2.75, 3.05) is 0 Å². The molecule has 0 saturated carbocycles. The van der Waals surface area contributed by atoms with Crippen molar-refractivity contribution in [2.45, 2.75) is 0 Å². The van der Waals surface area contributed by atoms with Crippen LogP contribution in [-0.2, 0) is 0 Å². The molecule has 46 heavy (non-hydrogen) atoms. The number of aromatic nitrogens is 2. The summed E-state index contributed by atoms with van der Waals surface area (Å²) in [6.07, 6.45) is 3.38. The summed E-state index contributed by atoms with van der Waals surface area (Å²) >= 11 is 0. The van der Waals surface area contributed by atoms with E-state index >= 15 is 0 Å². The van der Waals surface area contributed by atoms with E-state index in [9.17, 15) is 0 Å². The van der Waals surface area contributed by atoms with Crippen molar-refractivity contribution in [3.63, 3.8) is 0 Å². The number of nitrogens with zero attached hydrogens (tertiary/aromatic N) is 2. The minimum absolute atomic E-state index is 0.921. The first-order chi connectivity index (χ1) is 22.8. The van der Waals surface area contributed by atoms with Crippen molar-refractivity contribution in [1.82, 2.24) is 9.97 Å². The minimum Gasteiger partial charge on any atom is -0.245 e. The van der Waals surface area contributed by atoms with Gasteiger partial charge < -0.3 is 0 Å². The molecular weight excluding hydrogens is 556 g/mol. The number of fused-ring (bicyclic) bond motifs is 4. The third-order valence-electron chi connectivity index (χ3n) is 9.20. The van der Waals surface area contributed by atoms with Gasteiger partial charge in [0.25, 0.3) is 0 Å². The first-order valence-electron chi connectivity index (χ1n) is 15.6. The van der Waals surface area contributed by atoms with Gasteiger partial charge in [-0.3, -0.25) is 0 Å². The summed E-state index contributed by atoms with van der Waals surface area (Å²) < 4.78 is 0. The molecule has 1 aromatic heterocycles. The van der Waals surface area contributed by atoms with Crippen molar-refractivity contribution in [2.24, 2.45) is 0 Å². The van der Waals surface area contributed by atoms with Crippen LogP contribution in [0.1, 0.15) is 0 Å². The molecule has 214 valence electrons. The molecule has 0 saturated heterocycles. The van der Waals surface area contributed by atoms with Crippen LogP contribution in [0.4, 0.5) is 0 Å². The predicted octanol–water partition coefficient (Wildman–Crippen LogP) is 11.8. The zero-order valence-corrected chi connectivity index (χ0v) is 25.1. The van der Waals surface area contributed by atoms with Gasteiger partial charge in [-0.25, -0.2) is 9.97 Å². The van der Waals surface area contributed by atoms with Gasteiger partial charge in [-0.2, -0.15) is 0 Å². The predicted molar refractivity (Wildman–Crippen MR) is 194 cm³/mol. The molecule has 2 nitrogen and oxygen atoms in total. The minimum atomic E-state index is 0.921. The summed E-state index contributed by atoms with van der Waals surface area (Å²) in [7, 11) is 0. The SMILES string of the molecule is c1ccc2cc(-c3c4ccccc4c(-c4ccc5ccccc5c4)c4cc(-c5ccc(-c6ccncn6)cc5)ccc34)ccc2c1. The maximum atomic E-state index is 4.43. The van der Waals surface area contributed by atoms with Gasteiger partial charge in [-0.15, -0.1) is 0 Å². The Kier molecular flexibility index (Phi) is 6.17. The Balaban J connectivity index is 1.33. The molecule has 0 N–H and O–H groups in total. The Morgan fingerprint density at radius 1 is 0.326 bits per heavy atom. The van der Waals surface area contributed by atoms with Crippen LogP contribution in [0.2, 0.25) is 0 Å². The molecule has 0 aliphatic heterocycles. The molecule has 0 fully saturated rings. The molecule has 0 bridgehead atoms.